The number of guanidine groups is 1. The lowest BCUT2D eigenvalue weighted by Crippen LogP contribution is -2.44. The van der Waals surface area contributed by atoms with Gasteiger partial charge in [-0.15, -0.1) is 0 Å². The average Bonchev–Trinajstić information content (AvgIpc) is 2.62. The van der Waals surface area contributed by atoms with Crippen molar-refractivity contribution in [2.24, 2.45) is 4.99 Å². The van der Waals surface area contributed by atoms with Gasteiger partial charge in [-0.3, -0.25) is 4.99 Å². The standard InChI is InChI=1S/C19H29F2N3O2/c1-3-22-19(24-15-7-5-4-6-8-15)23-12-11-14-9-10-16(25-2)17(13-14)26-18(20)21/h9-10,13,15,18H,3-8,11-12H2,1-2H3,(H2,22,23,24). The van der Waals surface area contributed by atoms with Crippen LogP contribution >= 0.6 is 0 Å². The Bertz CT molecular complexity index is 576. The van der Waals surface area contributed by atoms with Crippen LogP contribution in [0.2, 0.25) is 0 Å². The average molecular weight is 369 g/mol. The van der Waals surface area contributed by atoms with Crippen LogP contribution in [0, 0.1) is 0 Å². The minimum absolute atomic E-state index is 0.0521. The van der Waals surface area contributed by atoms with E-state index in [1.54, 1.807) is 12.1 Å². The van der Waals surface area contributed by atoms with Crippen molar-refractivity contribution in [3.63, 3.8) is 0 Å². The van der Waals surface area contributed by atoms with E-state index in [4.69, 9.17) is 4.74 Å². The Labute approximate surface area is 154 Å². The van der Waals surface area contributed by atoms with E-state index in [-0.39, 0.29) is 5.75 Å². The van der Waals surface area contributed by atoms with Crippen LogP contribution in [-0.2, 0) is 6.42 Å². The Morgan fingerprint density at radius 1 is 1.23 bits per heavy atom. The fourth-order valence-corrected chi connectivity index (χ4v) is 3.12. The van der Waals surface area contributed by atoms with E-state index in [9.17, 15) is 8.78 Å². The number of ether oxygens (including phenoxy) is 2. The van der Waals surface area contributed by atoms with Crippen molar-refractivity contribution >= 4 is 5.96 Å². The molecule has 0 amide bonds. The van der Waals surface area contributed by atoms with E-state index in [1.807, 2.05) is 13.0 Å². The molecule has 2 rings (SSSR count). The lowest BCUT2D eigenvalue weighted by Gasteiger charge is -2.24. The molecule has 0 atom stereocenters. The van der Waals surface area contributed by atoms with Crippen LogP contribution in [0.1, 0.15) is 44.6 Å². The summed E-state index contributed by atoms with van der Waals surface area (Å²) >= 11 is 0. The maximum Gasteiger partial charge on any atom is 0.387 e. The van der Waals surface area contributed by atoms with Gasteiger partial charge in [-0.2, -0.15) is 8.78 Å². The minimum Gasteiger partial charge on any atom is -0.493 e. The van der Waals surface area contributed by atoms with Gasteiger partial charge in [-0.05, 0) is 43.9 Å². The van der Waals surface area contributed by atoms with Crippen LogP contribution in [0.5, 0.6) is 11.5 Å². The molecule has 26 heavy (non-hydrogen) atoms. The fraction of sp³-hybridized carbons (Fsp3) is 0.632. The Kier molecular flexibility index (Phi) is 8.44. The number of nitrogens with zero attached hydrogens (tertiary/aromatic N) is 1. The molecule has 7 heteroatoms. The summed E-state index contributed by atoms with van der Waals surface area (Å²) in [5.74, 6) is 1.16. The second-order valence-electron chi connectivity index (χ2n) is 6.35. The summed E-state index contributed by atoms with van der Waals surface area (Å²) in [4.78, 5) is 4.61. The first kappa shape index (κ1) is 20.3. The first-order chi connectivity index (χ1) is 12.6. The van der Waals surface area contributed by atoms with Gasteiger partial charge in [0.2, 0.25) is 0 Å². The number of halogens is 2. The zero-order valence-corrected chi connectivity index (χ0v) is 15.6. The fourth-order valence-electron chi connectivity index (χ4n) is 3.12. The molecule has 1 aromatic rings. The normalized spacial score (nSPS) is 15.8. The molecule has 0 aromatic heterocycles. The van der Waals surface area contributed by atoms with Crippen molar-refractivity contribution in [1.82, 2.24) is 10.6 Å². The molecule has 1 aromatic carbocycles. The van der Waals surface area contributed by atoms with Gasteiger partial charge in [0.05, 0.1) is 7.11 Å². The maximum atomic E-state index is 12.5. The van der Waals surface area contributed by atoms with Crippen LogP contribution in [0.4, 0.5) is 8.78 Å². The van der Waals surface area contributed by atoms with Crippen molar-refractivity contribution in [3.8, 4) is 11.5 Å². The molecular formula is C19H29F2N3O2. The number of aliphatic imine (C=N–C) groups is 1. The molecule has 2 N–H and O–H groups in total. The predicted molar refractivity (Wildman–Crippen MR) is 99.3 cm³/mol. The summed E-state index contributed by atoms with van der Waals surface area (Å²) < 4.78 is 34.6. The van der Waals surface area contributed by atoms with Crippen LogP contribution in [0.15, 0.2) is 23.2 Å². The van der Waals surface area contributed by atoms with Crippen LogP contribution in [0.25, 0.3) is 0 Å². The van der Waals surface area contributed by atoms with Gasteiger partial charge in [0.25, 0.3) is 0 Å². The van der Waals surface area contributed by atoms with Gasteiger partial charge in [-0.1, -0.05) is 25.3 Å². The number of alkyl halides is 2. The summed E-state index contributed by atoms with van der Waals surface area (Å²) in [6.45, 7) is 0.517. The smallest absolute Gasteiger partial charge is 0.387 e. The third kappa shape index (κ3) is 6.69. The van der Waals surface area contributed by atoms with Gasteiger partial charge in [0, 0.05) is 19.1 Å². The largest absolute Gasteiger partial charge is 0.493 e. The van der Waals surface area contributed by atoms with E-state index in [0.717, 1.165) is 18.1 Å². The molecule has 0 heterocycles. The molecule has 0 unspecified atom stereocenters. The first-order valence-electron chi connectivity index (χ1n) is 9.29. The maximum absolute atomic E-state index is 12.5. The molecule has 146 valence electrons. The van der Waals surface area contributed by atoms with E-state index in [1.165, 1.54) is 39.2 Å². The summed E-state index contributed by atoms with van der Waals surface area (Å²) in [5, 5.41) is 6.76. The molecule has 1 saturated carbocycles. The lowest BCUT2D eigenvalue weighted by molar-refractivity contribution is -0.0512. The highest BCUT2D eigenvalue weighted by Crippen LogP contribution is 2.29. The highest BCUT2D eigenvalue weighted by molar-refractivity contribution is 5.80. The highest BCUT2D eigenvalue weighted by atomic mass is 19.3. The van der Waals surface area contributed by atoms with Gasteiger partial charge < -0.3 is 20.1 Å². The topological polar surface area (TPSA) is 54.9 Å². The van der Waals surface area contributed by atoms with Crippen LogP contribution in [-0.4, -0.2) is 38.8 Å². The molecule has 1 aliphatic carbocycles. The minimum atomic E-state index is -2.88. The second-order valence-corrected chi connectivity index (χ2v) is 6.35. The van der Waals surface area contributed by atoms with E-state index >= 15 is 0 Å². The van der Waals surface area contributed by atoms with Crippen molar-refractivity contribution in [2.45, 2.75) is 58.1 Å². The molecule has 1 fully saturated rings. The predicted octanol–water partition coefficient (Wildman–Crippen LogP) is 3.73. The van der Waals surface area contributed by atoms with Crippen LogP contribution in [0.3, 0.4) is 0 Å². The van der Waals surface area contributed by atoms with Gasteiger partial charge in [0.1, 0.15) is 0 Å². The molecule has 0 radical (unpaired) electrons. The summed E-state index contributed by atoms with van der Waals surface area (Å²) in [6.07, 6.45) is 6.82. The third-order valence-corrected chi connectivity index (χ3v) is 4.40. The lowest BCUT2D eigenvalue weighted by atomic mass is 9.96. The molecular weight excluding hydrogens is 340 g/mol. The Morgan fingerprint density at radius 2 is 2.00 bits per heavy atom. The van der Waals surface area contributed by atoms with E-state index < -0.39 is 6.61 Å². The molecule has 0 bridgehead atoms. The monoisotopic (exact) mass is 369 g/mol. The quantitative estimate of drug-likeness (QED) is 0.542. The van der Waals surface area contributed by atoms with Crippen molar-refractivity contribution in [2.75, 3.05) is 20.2 Å². The molecule has 0 aliphatic heterocycles. The number of nitrogens with one attached hydrogen (secondary N) is 2. The zero-order chi connectivity index (χ0) is 18.8. The summed E-state index contributed by atoms with van der Waals surface area (Å²) in [5.41, 5.74) is 0.874. The number of benzene rings is 1. The Hall–Kier alpha value is -2.05. The van der Waals surface area contributed by atoms with Gasteiger partial charge >= 0.3 is 6.61 Å². The van der Waals surface area contributed by atoms with Crippen molar-refractivity contribution < 1.29 is 18.3 Å². The Morgan fingerprint density at radius 3 is 2.65 bits per heavy atom. The second kappa shape index (κ2) is 10.8. The molecule has 5 nitrogen and oxygen atoms in total. The SMILES string of the molecule is CCNC(=NCCc1ccc(OC)c(OC(F)F)c1)NC1CCCCC1. The van der Waals surface area contributed by atoms with Crippen molar-refractivity contribution in [1.29, 1.82) is 0 Å². The third-order valence-electron chi connectivity index (χ3n) is 4.40. The summed E-state index contributed by atoms with van der Waals surface area (Å²) in [6, 6.07) is 5.55. The Balaban J connectivity index is 1.94. The number of hydrogen-bond donors (Lipinski definition) is 2. The molecule has 0 spiro atoms. The zero-order valence-electron chi connectivity index (χ0n) is 15.6. The van der Waals surface area contributed by atoms with Crippen molar-refractivity contribution in [3.05, 3.63) is 23.8 Å². The summed E-state index contributed by atoms with van der Waals surface area (Å²) in [7, 11) is 1.43. The van der Waals surface area contributed by atoms with E-state index in [2.05, 4.69) is 20.4 Å². The number of hydrogen-bond acceptors (Lipinski definition) is 3. The van der Waals surface area contributed by atoms with Gasteiger partial charge in [-0.25, -0.2) is 0 Å². The molecule has 1 aliphatic rings. The van der Waals surface area contributed by atoms with Gasteiger partial charge in [0.15, 0.2) is 17.5 Å². The first-order valence-corrected chi connectivity index (χ1v) is 9.29. The number of rotatable bonds is 8. The molecule has 0 saturated heterocycles. The van der Waals surface area contributed by atoms with Crippen LogP contribution < -0.4 is 20.1 Å². The number of methoxy groups -OCH3 is 1. The van der Waals surface area contributed by atoms with E-state index in [0.29, 0.717) is 24.8 Å². The highest BCUT2D eigenvalue weighted by Gasteiger charge is 2.14.